The fourth-order valence-electron chi connectivity index (χ4n) is 10.5. The standard InChI is InChI=1S/C35H42N.C17H32O2.Ir/c1-22-14-23(2)32-28(26-19-34(6,7)21-35(8,9)20-26)18-30(36-31(32)15-22)25-16-24-12-10-11-13-27(24)29(17-25)33(3,4)5;1-10(2)16(11(3)4)14(18)9-15(19)17(12(5)6)13(7)8;/h10-15,17-18,26H,19-21H2,1-9H3;9-13,16-18H,1-8H3;/q-1;;/b;14-9-;. The van der Waals surface area contributed by atoms with E-state index in [0.29, 0.717) is 40.4 Å². The van der Waals surface area contributed by atoms with Gasteiger partial charge in [-0.25, -0.2) is 0 Å². The van der Waals surface area contributed by atoms with Crippen molar-refractivity contribution in [2.24, 2.45) is 46.3 Å². The summed E-state index contributed by atoms with van der Waals surface area (Å²) in [5.41, 5.74) is 9.44. The van der Waals surface area contributed by atoms with Gasteiger partial charge in [-0.1, -0.05) is 145 Å². The number of fused-ring (bicyclic) bond motifs is 2. The van der Waals surface area contributed by atoms with E-state index in [1.165, 1.54) is 63.8 Å². The Bertz CT molecular complexity index is 1970. The fraction of sp³-hybridized carbons (Fsp3) is 0.577. The first-order valence-electron chi connectivity index (χ1n) is 21.1. The molecule has 1 heterocycles. The molecule has 0 unspecified atom stereocenters. The van der Waals surface area contributed by atoms with Crippen molar-refractivity contribution in [1.29, 1.82) is 0 Å². The number of aromatic nitrogens is 1. The smallest absolute Gasteiger partial charge is 0.162 e. The number of ketones is 1. The Labute approximate surface area is 355 Å². The molecule has 5 rings (SSSR count). The van der Waals surface area contributed by atoms with Crippen molar-refractivity contribution in [2.45, 2.75) is 148 Å². The van der Waals surface area contributed by atoms with Crippen LogP contribution in [0, 0.1) is 66.3 Å². The second-order valence-electron chi connectivity index (χ2n) is 21.1. The number of allylic oxidation sites excluding steroid dienone is 2. The Hall–Kier alpha value is -2.81. The monoisotopic (exact) mass is 938 g/mol. The van der Waals surface area contributed by atoms with Crippen LogP contribution in [0.2, 0.25) is 0 Å². The number of hydrogen-bond acceptors (Lipinski definition) is 3. The number of benzene rings is 3. The molecule has 1 aliphatic carbocycles. The van der Waals surface area contributed by atoms with E-state index in [1.54, 1.807) is 0 Å². The molecule has 0 bridgehead atoms. The van der Waals surface area contributed by atoms with Gasteiger partial charge in [0, 0.05) is 49.1 Å². The number of carbonyl (C=O) groups excluding carboxylic acids is 1. The molecule has 0 amide bonds. The number of nitrogens with zero attached hydrogens (tertiary/aromatic N) is 1. The molecule has 1 aliphatic rings. The molecule has 1 saturated carbocycles. The molecular weight excluding hydrogens is 863 g/mol. The zero-order valence-electron chi connectivity index (χ0n) is 38.0. The minimum Gasteiger partial charge on any atom is -0.512 e. The second kappa shape index (κ2) is 18.4. The number of rotatable bonds is 9. The summed E-state index contributed by atoms with van der Waals surface area (Å²) >= 11 is 0. The zero-order chi connectivity index (χ0) is 41.4. The summed E-state index contributed by atoms with van der Waals surface area (Å²) in [6, 6.07) is 21.8. The summed E-state index contributed by atoms with van der Waals surface area (Å²) in [7, 11) is 0. The fourth-order valence-corrected chi connectivity index (χ4v) is 10.5. The first-order valence-corrected chi connectivity index (χ1v) is 21.1. The van der Waals surface area contributed by atoms with E-state index in [4.69, 9.17) is 4.98 Å². The van der Waals surface area contributed by atoms with Crippen molar-refractivity contribution < 1.29 is 30.0 Å². The van der Waals surface area contributed by atoms with Crippen LogP contribution < -0.4 is 0 Å². The van der Waals surface area contributed by atoms with E-state index >= 15 is 0 Å². The Balaban J connectivity index is 0.000000361. The van der Waals surface area contributed by atoms with Gasteiger partial charge in [-0.3, -0.25) is 9.78 Å². The number of carbonyl (C=O) groups is 1. The normalized spacial score (nSPS) is 16.3. The van der Waals surface area contributed by atoms with Gasteiger partial charge in [0.15, 0.2) is 5.78 Å². The summed E-state index contributed by atoms with van der Waals surface area (Å²) in [4.78, 5) is 17.6. The van der Waals surface area contributed by atoms with Crippen molar-refractivity contribution in [2.75, 3.05) is 0 Å². The van der Waals surface area contributed by atoms with Crippen LogP contribution in [0.1, 0.15) is 151 Å². The molecule has 0 aliphatic heterocycles. The molecule has 0 saturated heterocycles. The number of aryl methyl sites for hydroxylation is 2. The quantitative estimate of drug-likeness (QED) is 0.103. The Kier molecular flexibility index (Phi) is 15.6. The van der Waals surface area contributed by atoms with Gasteiger partial charge in [-0.15, -0.1) is 29.1 Å². The van der Waals surface area contributed by atoms with E-state index in [9.17, 15) is 9.90 Å². The average Bonchev–Trinajstić information content (AvgIpc) is 3.01. The van der Waals surface area contributed by atoms with Crippen molar-refractivity contribution in [3.05, 3.63) is 88.7 Å². The van der Waals surface area contributed by atoms with E-state index in [-0.39, 0.29) is 48.9 Å². The van der Waals surface area contributed by atoms with Gasteiger partial charge in [0.2, 0.25) is 0 Å². The first kappa shape index (κ1) is 47.6. The van der Waals surface area contributed by atoms with E-state index in [1.807, 2.05) is 0 Å². The number of pyridine rings is 1. The molecular formula is C52H74IrNO2-. The van der Waals surface area contributed by atoms with Gasteiger partial charge in [0.1, 0.15) is 0 Å². The molecule has 1 fully saturated rings. The molecule has 1 aromatic heterocycles. The Morgan fingerprint density at radius 2 is 1.36 bits per heavy atom. The van der Waals surface area contributed by atoms with Crippen molar-refractivity contribution in [3.8, 4) is 11.3 Å². The first-order chi connectivity index (χ1) is 25.3. The largest absolute Gasteiger partial charge is 0.512 e. The zero-order valence-corrected chi connectivity index (χ0v) is 40.4. The van der Waals surface area contributed by atoms with Gasteiger partial charge in [-0.05, 0) is 102 Å². The second-order valence-corrected chi connectivity index (χ2v) is 21.1. The summed E-state index contributed by atoms with van der Waals surface area (Å²) in [5, 5.41) is 14.1. The topological polar surface area (TPSA) is 50.2 Å². The van der Waals surface area contributed by atoms with Crippen LogP contribution in [0.4, 0.5) is 0 Å². The summed E-state index contributed by atoms with van der Waals surface area (Å²) in [6.45, 7) is 37.8. The number of hydrogen-bond donors (Lipinski definition) is 1. The van der Waals surface area contributed by atoms with Crippen LogP contribution in [0.5, 0.6) is 0 Å². The minimum atomic E-state index is -0.0119. The molecule has 4 aromatic rings. The van der Waals surface area contributed by atoms with Gasteiger partial charge in [0.05, 0.1) is 11.3 Å². The predicted octanol–water partition coefficient (Wildman–Crippen LogP) is 14.9. The van der Waals surface area contributed by atoms with E-state index < -0.39 is 0 Å². The van der Waals surface area contributed by atoms with Crippen LogP contribution in [-0.4, -0.2) is 15.9 Å². The van der Waals surface area contributed by atoms with Crippen molar-refractivity contribution in [1.82, 2.24) is 4.98 Å². The minimum absolute atomic E-state index is 0. The van der Waals surface area contributed by atoms with E-state index in [0.717, 1.165) is 16.8 Å². The number of aliphatic hydroxyl groups is 1. The van der Waals surface area contributed by atoms with Crippen LogP contribution in [0.3, 0.4) is 0 Å². The van der Waals surface area contributed by atoms with Crippen molar-refractivity contribution >= 4 is 27.5 Å². The molecule has 3 aromatic carbocycles. The Morgan fingerprint density at radius 3 is 1.88 bits per heavy atom. The molecule has 0 atom stereocenters. The molecule has 56 heavy (non-hydrogen) atoms. The van der Waals surface area contributed by atoms with Gasteiger partial charge < -0.3 is 5.11 Å². The van der Waals surface area contributed by atoms with Gasteiger partial charge in [-0.2, -0.15) is 0 Å². The van der Waals surface area contributed by atoms with Crippen molar-refractivity contribution in [3.63, 3.8) is 0 Å². The number of aliphatic hydroxyl groups excluding tert-OH is 1. The third-order valence-corrected chi connectivity index (χ3v) is 12.0. The summed E-state index contributed by atoms with van der Waals surface area (Å²) in [5.74, 6) is 2.15. The van der Waals surface area contributed by atoms with Gasteiger partial charge >= 0.3 is 0 Å². The van der Waals surface area contributed by atoms with Crippen LogP contribution in [0.15, 0.2) is 60.4 Å². The maximum atomic E-state index is 12.3. The van der Waals surface area contributed by atoms with E-state index in [2.05, 4.69) is 172 Å². The molecule has 1 radical (unpaired) electrons. The maximum absolute atomic E-state index is 12.3. The summed E-state index contributed by atoms with van der Waals surface area (Å²) in [6.07, 6.45) is 5.20. The molecule has 309 valence electrons. The third-order valence-electron chi connectivity index (χ3n) is 12.0. The van der Waals surface area contributed by atoms with Gasteiger partial charge in [0.25, 0.3) is 0 Å². The predicted molar refractivity (Wildman–Crippen MR) is 238 cm³/mol. The van der Waals surface area contributed by atoms with Crippen LogP contribution in [0.25, 0.3) is 32.9 Å². The van der Waals surface area contributed by atoms with Crippen LogP contribution >= 0.6 is 0 Å². The molecule has 3 nitrogen and oxygen atoms in total. The third kappa shape index (κ3) is 11.4. The molecule has 0 spiro atoms. The Morgan fingerprint density at radius 1 is 0.821 bits per heavy atom. The molecule has 1 N–H and O–H groups in total. The maximum Gasteiger partial charge on any atom is 0.162 e. The average molecular weight is 937 g/mol. The van der Waals surface area contributed by atoms with Crippen LogP contribution in [-0.2, 0) is 30.3 Å². The molecule has 4 heteroatoms. The summed E-state index contributed by atoms with van der Waals surface area (Å²) < 4.78 is 0. The SMILES string of the molecule is CC(C)C(C(=O)/C=C(\O)C(C(C)C)C(C)C)C(C)C.Cc1cc(C)c2c(C3CC(C)(C)CC(C)(C)C3)cc(-c3[c-]c4ccccc4c(C(C)(C)C)c3)nc2c1.[Ir].